The number of aromatic nitrogens is 4. The second kappa shape index (κ2) is 9.64. The quantitative estimate of drug-likeness (QED) is 0.254. The van der Waals surface area contributed by atoms with Crippen molar-refractivity contribution in [1.82, 2.24) is 19.7 Å². The van der Waals surface area contributed by atoms with Crippen LogP contribution in [0.1, 0.15) is 46.2 Å². The molecule has 0 amide bonds. The molecular weight excluding hydrogens is 517 g/mol. The summed E-state index contributed by atoms with van der Waals surface area (Å²) < 4.78 is 48.5. The Balaban J connectivity index is 1.71. The number of alkyl halides is 2. The Bertz CT molecular complexity index is 1290. The van der Waals surface area contributed by atoms with Gasteiger partial charge in [-0.1, -0.05) is 0 Å². The molecule has 10 heteroatoms. The minimum absolute atomic E-state index is 0.139. The standard InChI is InChI=1S/C23H20BrF3N4OS/c1-12-20(6-16(24)9-28-12)32-13(2)19-7-17(25)4-5-18(19)22-21(33-14(3)30-22)11-31-10-15(8-29-31)23(26)27/h4-10,13,23H,11H2,1-3H3. The van der Waals surface area contributed by atoms with E-state index in [1.165, 1.54) is 34.3 Å². The van der Waals surface area contributed by atoms with Crippen molar-refractivity contribution >= 4 is 27.3 Å². The van der Waals surface area contributed by atoms with Crippen molar-refractivity contribution in [1.29, 1.82) is 0 Å². The highest BCUT2D eigenvalue weighted by Crippen LogP contribution is 2.36. The summed E-state index contributed by atoms with van der Waals surface area (Å²) in [5, 5.41) is 4.84. The summed E-state index contributed by atoms with van der Waals surface area (Å²) in [6.45, 7) is 5.81. The number of thiazole rings is 1. The molecular formula is C23H20BrF3N4OS. The minimum atomic E-state index is -2.58. The third-order valence-electron chi connectivity index (χ3n) is 5.03. The average molecular weight is 537 g/mol. The molecule has 0 fully saturated rings. The van der Waals surface area contributed by atoms with Crippen molar-refractivity contribution < 1.29 is 17.9 Å². The van der Waals surface area contributed by atoms with Crippen LogP contribution in [0.25, 0.3) is 11.3 Å². The first-order valence-electron chi connectivity index (χ1n) is 10.1. The molecule has 1 atom stereocenters. The van der Waals surface area contributed by atoms with Crippen LogP contribution >= 0.6 is 27.3 Å². The van der Waals surface area contributed by atoms with Crippen LogP contribution in [0.15, 0.2) is 47.3 Å². The third-order valence-corrected chi connectivity index (χ3v) is 6.42. The lowest BCUT2D eigenvalue weighted by atomic mass is 9.99. The first kappa shape index (κ1) is 23.4. The van der Waals surface area contributed by atoms with E-state index in [9.17, 15) is 13.2 Å². The van der Waals surface area contributed by atoms with Gasteiger partial charge < -0.3 is 4.74 Å². The fourth-order valence-corrected chi connectivity index (χ4v) is 4.71. The molecule has 0 saturated carbocycles. The predicted octanol–water partition coefficient (Wildman–Crippen LogP) is 7.05. The molecule has 0 aliphatic carbocycles. The van der Waals surface area contributed by atoms with E-state index in [0.717, 1.165) is 20.6 Å². The molecule has 0 radical (unpaired) electrons. The highest BCUT2D eigenvalue weighted by atomic mass is 79.9. The largest absolute Gasteiger partial charge is 0.484 e. The smallest absolute Gasteiger partial charge is 0.266 e. The van der Waals surface area contributed by atoms with E-state index >= 15 is 0 Å². The van der Waals surface area contributed by atoms with Gasteiger partial charge in [-0.25, -0.2) is 18.2 Å². The van der Waals surface area contributed by atoms with Crippen LogP contribution in [0, 0.1) is 19.7 Å². The van der Waals surface area contributed by atoms with Gasteiger partial charge in [0, 0.05) is 28.0 Å². The van der Waals surface area contributed by atoms with Crippen LogP contribution in [0.4, 0.5) is 13.2 Å². The van der Waals surface area contributed by atoms with Gasteiger partial charge in [0.15, 0.2) is 0 Å². The maximum Gasteiger partial charge on any atom is 0.266 e. The van der Waals surface area contributed by atoms with Gasteiger partial charge in [-0.2, -0.15) is 5.10 Å². The molecule has 5 nitrogen and oxygen atoms in total. The lowest BCUT2D eigenvalue weighted by molar-refractivity contribution is 0.151. The monoisotopic (exact) mass is 536 g/mol. The number of halogens is 4. The number of hydrogen-bond acceptors (Lipinski definition) is 5. The van der Waals surface area contributed by atoms with Crippen molar-refractivity contribution in [2.24, 2.45) is 0 Å². The van der Waals surface area contributed by atoms with Gasteiger partial charge in [0.2, 0.25) is 0 Å². The van der Waals surface area contributed by atoms with Crippen LogP contribution in [0.5, 0.6) is 5.75 Å². The van der Waals surface area contributed by atoms with Gasteiger partial charge in [-0.05, 0) is 61.0 Å². The molecule has 3 heterocycles. The van der Waals surface area contributed by atoms with E-state index in [0.29, 0.717) is 28.3 Å². The van der Waals surface area contributed by atoms with E-state index in [4.69, 9.17) is 4.74 Å². The maximum atomic E-state index is 14.3. The van der Waals surface area contributed by atoms with Gasteiger partial charge in [-0.15, -0.1) is 11.3 Å². The molecule has 33 heavy (non-hydrogen) atoms. The molecule has 0 bridgehead atoms. The fraction of sp³-hybridized carbons (Fsp3) is 0.261. The molecule has 0 N–H and O–H groups in total. The lowest BCUT2D eigenvalue weighted by Gasteiger charge is -2.19. The van der Waals surface area contributed by atoms with E-state index in [1.54, 1.807) is 12.3 Å². The van der Waals surface area contributed by atoms with Gasteiger partial charge >= 0.3 is 0 Å². The topological polar surface area (TPSA) is 52.8 Å². The van der Waals surface area contributed by atoms with Crippen molar-refractivity contribution in [2.45, 2.75) is 39.8 Å². The zero-order chi connectivity index (χ0) is 23.7. The molecule has 1 unspecified atom stereocenters. The molecule has 172 valence electrons. The molecule has 0 spiro atoms. The maximum absolute atomic E-state index is 14.3. The molecule has 1 aromatic carbocycles. The molecule has 4 aromatic rings. The summed E-state index contributed by atoms with van der Waals surface area (Å²) >= 11 is 4.84. The van der Waals surface area contributed by atoms with Gasteiger partial charge in [0.25, 0.3) is 6.43 Å². The summed E-state index contributed by atoms with van der Waals surface area (Å²) in [6, 6.07) is 6.29. The van der Waals surface area contributed by atoms with Crippen molar-refractivity contribution in [3.8, 4) is 17.0 Å². The number of pyridine rings is 1. The molecule has 0 aliphatic rings. The summed E-state index contributed by atoms with van der Waals surface area (Å²) in [7, 11) is 0. The first-order valence-corrected chi connectivity index (χ1v) is 11.7. The minimum Gasteiger partial charge on any atom is -0.484 e. The zero-order valence-electron chi connectivity index (χ0n) is 18.0. The van der Waals surface area contributed by atoms with Crippen LogP contribution in [0.2, 0.25) is 0 Å². The van der Waals surface area contributed by atoms with Crippen LogP contribution in [-0.4, -0.2) is 19.7 Å². The second-order valence-electron chi connectivity index (χ2n) is 7.51. The van der Waals surface area contributed by atoms with E-state index in [-0.39, 0.29) is 12.1 Å². The fourth-order valence-electron chi connectivity index (χ4n) is 3.46. The number of aryl methyl sites for hydroxylation is 2. The highest BCUT2D eigenvalue weighted by molar-refractivity contribution is 9.10. The van der Waals surface area contributed by atoms with Crippen LogP contribution < -0.4 is 4.74 Å². The first-order chi connectivity index (χ1) is 15.7. The lowest BCUT2D eigenvalue weighted by Crippen LogP contribution is -2.08. The van der Waals surface area contributed by atoms with E-state index < -0.39 is 18.3 Å². The van der Waals surface area contributed by atoms with E-state index in [1.807, 2.05) is 26.8 Å². The third kappa shape index (κ3) is 5.27. The van der Waals surface area contributed by atoms with Crippen LogP contribution in [-0.2, 0) is 6.54 Å². The summed E-state index contributed by atoms with van der Waals surface area (Å²) in [6.07, 6.45) is 1.07. The number of nitrogens with zero attached hydrogens (tertiary/aromatic N) is 4. The second-order valence-corrected chi connectivity index (χ2v) is 9.71. The SMILES string of the molecule is Cc1nc(-c2ccc(F)cc2C(C)Oc2cc(Br)cnc2C)c(Cn2cc(C(F)F)cn2)s1. The summed E-state index contributed by atoms with van der Waals surface area (Å²) in [5.74, 6) is 0.188. The molecule has 3 aromatic heterocycles. The number of ether oxygens (including phenoxy) is 1. The molecule has 4 rings (SSSR count). The van der Waals surface area contributed by atoms with Crippen molar-refractivity contribution in [3.63, 3.8) is 0 Å². The normalized spacial score (nSPS) is 12.4. The number of hydrogen-bond donors (Lipinski definition) is 0. The molecule has 0 aliphatic heterocycles. The summed E-state index contributed by atoms with van der Waals surface area (Å²) in [5.41, 5.74) is 2.56. The zero-order valence-corrected chi connectivity index (χ0v) is 20.4. The van der Waals surface area contributed by atoms with Crippen molar-refractivity contribution in [2.75, 3.05) is 0 Å². The van der Waals surface area contributed by atoms with Crippen molar-refractivity contribution in [3.05, 3.63) is 79.9 Å². The number of benzene rings is 1. The van der Waals surface area contributed by atoms with Gasteiger partial charge in [0.05, 0.1) is 39.6 Å². The molecule has 0 saturated heterocycles. The Morgan fingerprint density at radius 2 is 1.97 bits per heavy atom. The Morgan fingerprint density at radius 3 is 2.70 bits per heavy atom. The van der Waals surface area contributed by atoms with Gasteiger partial charge in [0.1, 0.15) is 17.7 Å². The van der Waals surface area contributed by atoms with Crippen LogP contribution in [0.3, 0.4) is 0 Å². The Kier molecular flexibility index (Phi) is 6.85. The average Bonchev–Trinajstić information content (AvgIpc) is 3.37. The Labute approximate surface area is 201 Å². The number of rotatable bonds is 7. The highest BCUT2D eigenvalue weighted by Gasteiger charge is 2.21. The van der Waals surface area contributed by atoms with E-state index in [2.05, 4.69) is 31.0 Å². The Morgan fingerprint density at radius 1 is 1.18 bits per heavy atom. The Hall–Kier alpha value is -2.72. The van der Waals surface area contributed by atoms with Gasteiger partial charge in [-0.3, -0.25) is 9.67 Å². The predicted molar refractivity (Wildman–Crippen MR) is 124 cm³/mol. The summed E-state index contributed by atoms with van der Waals surface area (Å²) in [4.78, 5) is 9.77.